The van der Waals surface area contributed by atoms with E-state index in [4.69, 9.17) is 10.00 Å². The minimum atomic E-state index is -0.330. The molecule has 0 aliphatic carbocycles. The minimum absolute atomic E-state index is 0.107. The molecule has 7 nitrogen and oxygen atoms in total. The van der Waals surface area contributed by atoms with Crippen molar-refractivity contribution in [1.82, 2.24) is 20.4 Å². The maximum atomic E-state index is 11.8. The van der Waals surface area contributed by atoms with Crippen molar-refractivity contribution in [1.29, 1.82) is 5.26 Å². The van der Waals surface area contributed by atoms with Gasteiger partial charge < -0.3 is 20.3 Å². The Bertz CT molecular complexity index is 383. The average molecular weight is 295 g/mol. The Morgan fingerprint density at radius 3 is 2.71 bits per heavy atom. The van der Waals surface area contributed by atoms with Crippen LogP contribution in [0.1, 0.15) is 0 Å². The van der Waals surface area contributed by atoms with Crippen LogP contribution in [-0.2, 0) is 9.53 Å². The molecule has 0 bridgehead atoms. The summed E-state index contributed by atoms with van der Waals surface area (Å²) in [6.07, 6.45) is 1.48. The molecule has 118 valence electrons. The van der Waals surface area contributed by atoms with Crippen LogP contribution in [0.3, 0.4) is 0 Å². The van der Waals surface area contributed by atoms with Gasteiger partial charge in [-0.25, -0.2) is 0 Å². The van der Waals surface area contributed by atoms with Gasteiger partial charge in [-0.1, -0.05) is 0 Å². The molecule has 0 unspecified atom stereocenters. The van der Waals surface area contributed by atoms with Gasteiger partial charge in [0.05, 0.1) is 13.2 Å². The summed E-state index contributed by atoms with van der Waals surface area (Å²) in [4.78, 5) is 16.1. The van der Waals surface area contributed by atoms with Crippen molar-refractivity contribution in [3.63, 3.8) is 0 Å². The van der Waals surface area contributed by atoms with Crippen LogP contribution >= 0.6 is 0 Å². The first-order valence-corrected chi connectivity index (χ1v) is 7.20. The van der Waals surface area contributed by atoms with Gasteiger partial charge >= 0.3 is 0 Å². The molecule has 0 atom stereocenters. The number of hydrogen-bond donors (Lipinski definition) is 2. The van der Waals surface area contributed by atoms with Crippen LogP contribution < -0.4 is 10.6 Å². The molecule has 0 aromatic rings. The summed E-state index contributed by atoms with van der Waals surface area (Å²) in [5.41, 5.74) is 0.107. The van der Waals surface area contributed by atoms with Crippen molar-refractivity contribution in [2.75, 3.05) is 66.6 Å². The van der Waals surface area contributed by atoms with Gasteiger partial charge in [0.1, 0.15) is 11.6 Å². The Balaban J connectivity index is 2.24. The number of carbonyl (C=O) groups excluding carboxylic acids is 1. The van der Waals surface area contributed by atoms with Gasteiger partial charge in [0, 0.05) is 45.5 Å². The highest BCUT2D eigenvalue weighted by molar-refractivity contribution is 5.97. The van der Waals surface area contributed by atoms with Crippen molar-refractivity contribution in [2.24, 2.45) is 0 Å². The van der Waals surface area contributed by atoms with Crippen molar-refractivity contribution < 1.29 is 9.53 Å². The Morgan fingerprint density at radius 1 is 1.38 bits per heavy atom. The summed E-state index contributed by atoms with van der Waals surface area (Å²) < 4.78 is 5.26. The predicted octanol–water partition coefficient (Wildman–Crippen LogP) is -1.01. The first-order valence-electron chi connectivity index (χ1n) is 7.20. The maximum Gasteiger partial charge on any atom is 0.263 e. The molecule has 1 aliphatic heterocycles. The van der Waals surface area contributed by atoms with E-state index in [9.17, 15) is 4.79 Å². The van der Waals surface area contributed by atoms with Crippen LogP contribution in [0.15, 0.2) is 11.8 Å². The SMILES string of the molecule is CN(C)CCN/C=C(/C#N)C(=O)NCCN1CCOCC1. The van der Waals surface area contributed by atoms with Crippen LogP contribution in [0.2, 0.25) is 0 Å². The number of nitrogens with one attached hydrogen (secondary N) is 2. The summed E-state index contributed by atoms with van der Waals surface area (Å²) in [6, 6.07) is 1.92. The quantitative estimate of drug-likeness (QED) is 0.339. The summed E-state index contributed by atoms with van der Waals surface area (Å²) in [6.45, 7) is 6.12. The highest BCUT2D eigenvalue weighted by atomic mass is 16.5. The molecule has 1 fully saturated rings. The molecule has 1 rings (SSSR count). The van der Waals surface area contributed by atoms with Crippen LogP contribution in [0.4, 0.5) is 0 Å². The Kier molecular flexibility index (Phi) is 8.43. The lowest BCUT2D eigenvalue weighted by Crippen LogP contribution is -2.41. The fourth-order valence-electron chi connectivity index (χ4n) is 1.86. The smallest absolute Gasteiger partial charge is 0.263 e. The average Bonchev–Trinajstić information content (AvgIpc) is 2.48. The fourth-order valence-corrected chi connectivity index (χ4v) is 1.86. The predicted molar refractivity (Wildman–Crippen MR) is 80.5 cm³/mol. The Hall–Kier alpha value is -1.62. The van der Waals surface area contributed by atoms with E-state index in [-0.39, 0.29) is 11.5 Å². The Labute approximate surface area is 126 Å². The van der Waals surface area contributed by atoms with Crippen LogP contribution in [0.25, 0.3) is 0 Å². The zero-order valence-electron chi connectivity index (χ0n) is 12.9. The second kappa shape index (κ2) is 10.2. The molecule has 0 spiro atoms. The maximum absolute atomic E-state index is 11.8. The van der Waals surface area contributed by atoms with Gasteiger partial charge in [0.15, 0.2) is 0 Å². The number of ether oxygens (including phenoxy) is 1. The van der Waals surface area contributed by atoms with E-state index in [0.29, 0.717) is 13.1 Å². The minimum Gasteiger partial charge on any atom is -0.388 e. The molecule has 0 aromatic carbocycles. The van der Waals surface area contributed by atoms with E-state index in [1.165, 1.54) is 6.20 Å². The third-order valence-electron chi connectivity index (χ3n) is 3.13. The highest BCUT2D eigenvalue weighted by Gasteiger charge is 2.12. The molecule has 2 N–H and O–H groups in total. The second-order valence-corrected chi connectivity index (χ2v) is 5.14. The van der Waals surface area contributed by atoms with E-state index < -0.39 is 0 Å². The summed E-state index contributed by atoms with van der Waals surface area (Å²) in [5.74, 6) is -0.330. The third kappa shape index (κ3) is 7.66. The monoisotopic (exact) mass is 295 g/mol. The number of amides is 1. The zero-order valence-corrected chi connectivity index (χ0v) is 12.9. The number of rotatable bonds is 8. The summed E-state index contributed by atoms with van der Waals surface area (Å²) in [7, 11) is 3.93. The van der Waals surface area contributed by atoms with Crippen molar-refractivity contribution in [3.8, 4) is 6.07 Å². The molecule has 1 aliphatic rings. The number of morpholine rings is 1. The van der Waals surface area contributed by atoms with Gasteiger partial charge in [-0.2, -0.15) is 5.26 Å². The van der Waals surface area contributed by atoms with Gasteiger partial charge in [0.25, 0.3) is 5.91 Å². The van der Waals surface area contributed by atoms with Gasteiger partial charge in [-0.05, 0) is 14.1 Å². The number of nitriles is 1. The van der Waals surface area contributed by atoms with E-state index in [2.05, 4.69) is 15.5 Å². The molecule has 1 amide bonds. The first kappa shape index (κ1) is 17.4. The molecule has 0 aromatic heterocycles. The van der Waals surface area contributed by atoms with Crippen molar-refractivity contribution in [2.45, 2.75) is 0 Å². The molecule has 7 heteroatoms. The van der Waals surface area contributed by atoms with Crippen molar-refractivity contribution in [3.05, 3.63) is 11.8 Å². The molecule has 1 saturated heterocycles. The van der Waals surface area contributed by atoms with Gasteiger partial charge in [-0.15, -0.1) is 0 Å². The number of nitrogens with zero attached hydrogens (tertiary/aromatic N) is 3. The molecule has 0 saturated carbocycles. The lowest BCUT2D eigenvalue weighted by molar-refractivity contribution is -0.117. The topological polar surface area (TPSA) is 80.6 Å². The lowest BCUT2D eigenvalue weighted by atomic mass is 10.3. The van der Waals surface area contributed by atoms with E-state index in [0.717, 1.165) is 39.4 Å². The normalized spacial score (nSPS) is 16.6. The molecular formula is C14H25N5O2. The number of carbonyl (C=O) groups is 1. The number of likely N-dealkylation sites (N-methyl/N-ethyl adjacent to an activating group) is 1. The van der Waals surface area contributed by atoms with Gasteiger partial charge in [-0.3, -0.25) is 9.69 Å². The largest absolute Gasteiger partial charge is 0.388 e. The molecule has 0 radical (unpaired) electrons. The van der Waals surface area contributed by atoms with E-state index >= 15 is 0 Å². The van der Waals surface area contributed by atoms with Crippen LogP contribution in [-0.4, -0.2) is 82.3 Å². The van der Waals surface area contributed by atoms with Crippen LogP contribution in [0, 0.1) is 11.3 Å². The standard InChI is InChI=1S/C14H25N5O2/c1-18(2)5-3-16-12-13(11-15)14(20)17-4-6-19-7-9-21-10-8-19/h12,16H,3-10H2,1-2H3,(H,17,20)/b13-12-. The first-order chi connectivity index (χ1) is 10.1. The van der Waals surface area contributed by atoms with Crippen LogP contribution in [0.5, 0.6) is 0 Å². The van der Waals surface area contributed by atoms with Crippen molar-refractivity contribution >= 4 is 5.91 Å². The summed E-state index contributed by atoms with van der Waals surface area (Å²) in [5, 5.41) is 14.7. The fraction of sp³-hybridized carbons (Fsp3) is 0.714. The molecule has 1 heterocycles. The Morgan fingerprint density at radius 2 is 2.10 bits per heavy atom. The van der Waals surface area contributed by atoms with Gasteiger partial charge in [0.2, 0.25) is 0 Å². The van der Waals surface area contributed by atoms with E-state index in [1.54, 1.807) is 0 Å². The second-order valence-electron chi connectivity index (χ2n) is 5.14. The molecular weight excluding hydrogens is 270 g/mol. The van der Waals surface area contributed by atoms with E-state index in [1.807, 2.05) is 25.1 Å². The lowest BCUT2D eigenvalue weighted by Gasteiger charge is -2.26. The third-order valence-corrected chi connectivity index (χ3v) is 3.13. The summed E-state index contributed by atoms with van der Waals surface area (Å²) >= 11 is 0. The number of hydrogen-bond acceptors (Lipinski definition) is 6. The highest BCUT2D eigenvalue weighted by Crippen LogP contribution is 1.95. The molecule has 21 heavy (non-hydrogen) atoms. The zero-order chi connectivity index (χ0) is 15.5.